The van der Waals surface area contributed by atoms with Crippen molar-refractivity contribution in [2.24, 2.45) is 4.99 Å². The third-order valence-electron chi connectivity index (χ3n) is 3.90. The molecule has 0 spiro atoms. The van der Waals surface area contributed by atoms with Gasteiger partial charge in [0, 0.05) is 44.4 Å². The summed E-state index contributed by atoms with van der Waals surface area (Å²) < 4.78 is 46.4. The van der Waals surface area contributed by atoms with Gasteiger partial charge >= 0.3 is 6.18 Å². The number of hydrogen-bond donors (Lipinski definition) is 2. The lowest BCUT2D eigenvalue weighted by atomic mass is 10.1. The van der Waals surface area contributed by atoms with Crippen LogP contribution in [0.3, 0.4) is 0 Å². The van der Waals surface area contributed by atoms with Gasteiger partial charge in [-0.25, -0.2) is 4.98 Å². The minimum Gasteiger partial charge on any atom is -0.468 e. The Morgan fingerprint density at radius 3 is 2.45 bits per heavy atom. The summed E-state index contributed by atoms with van der Waals surface area (Å²) in [4.78, 5) is 8.04. The molecular weight excluding hydrogens is 502 g/mol. The Morgan fingerprint density at radius 1 is 1.17 bits per heavy atom. The number of hydrogen-bond acceptors (Lipinski definition) is 5. The molecular formula is C18H25F3IN5O2. The monoisotopic (exact) mass is 527 g/mol. The molecule has 2 aromatic heterocycles. The van der Waals surface area contributed by atoms with Crippen molar-refractivity contribution in [2.75, 3.05) is 13.7 Å². The lowest BCUT2D eigenvalue weighted by Crippen LogP contribution is -2.36. The highest BCUT2D eigenvalue weighted by molar-refractivity contribution is 14.0. The van der Waals surface area contributed by atoms with Gasteiger partial charge in [0.25, 0.3) is 0 Å². The Labute approximate surface area is 184 Å². The molecule has 0 aliphatic carbocycles. The van der Waals surface area contributed by atoms with Crippen LogP contribution in [0.25, 0.3) is 0 Å². The second-order valence-corrected chi connectivity index (χ2v) is 5.93. The molecule has 0 aliphatic heterocycles. The fourth-order valence-electron chi connectivity index (χ4n) is 2.47. The van der Waals surface area contributed by atoms with Crippen LogP contribution in [0.1, 0.15) is 36.4 Å². The van der Waals surface area contributed by atoms with Crippen LogP contribution in [-0.2, 0) is 25.9 Å². The van der Waals surface area contributed by atoms with Gasteiger partial charge < -0.3 is 19.9 Å². The number of aryl methyl sites for hydroxylation is 2. The minimum atomic E-state index is -4.39. The molecule has 29 heavy (non-hydrogen) atoms. The van der Waals surface area contributed by atoms with E-state index < -0.39 is 12.8 Å². The van der Waals surface area contributed by atoms with Crippen LogP contribution in [-0.4, -0.2) is 35.9 Å². The molecule has 0 radical (unpaired) electrons. The molecule has 2 N–H and O–H groups in total. The van der Waals surface area contributed by atoms with Gasteiger partial charge in [0.2, 0.25) is 5.88 Å². The number of alkyl halides is 3. The van der Waals surface area contributed by atoms with Crippen LogP contribution in [0.15, 0.2) is 27.8 Å². The van der Waals surface area contributed by atoms with E-state index in [1.54, 1.807) is 13.1 Å². The normalized spacial score (nSPS) is 11.7. The second-order valence-electron chi connectivity index (χ2n) is 5.93. The number of halogens is 4. The predicted octanol–water partition coefficient (Wildman–Crippen LogP) is 3.62. The quantitative estimate of drug-likeness (QED) is 0.310. The summed E-state index contributed by atoms with van der Waals surface area (Å²) in [7, 11) is 1.65. The van der Waals surface area contributed by atoms with Gasteiger partial charge in [0.15, 0.2) is 12.6 Å². The van der Waals surface area contributed by atoms with Gasteiger partial charge in [-0.15, -0.1) is 24.0 Å². The Bertz CT molecular complexity index is 757. The van der Waals surface area contributed by atoms with Crippen molar-refractivity contribution < 1.29 is 22.4 Å². The van der Waals surface area contributed by atoms with Crippen molar-refractivity contribution in [3.05, 3.63) is 40.9 Å². The number of guanidine groups is 1. The lowest BCUT2D eigenvalue weighted by Gasteiger charge is -2.12. The molecule has 2 aromatic rings. The van der Waals surface area contributed by atoms with Gasteiger partial charge in [-0.2, -0.15) is 13.2 Å². The van der Waals surface area contributed by atoms with Crippen LogP contribution in [0.2, 0.25) is 0 Å². The zero-order valence-electron chi connectivity index (χ0n) is 16.5. The second kappa shape index (κ2) is 11.8. The van der Waals surface area contributed by atoms with Gasteiger partial charge in [-0.1, -0.05) is 25.1 Å². The molecule has 0 unspecified atom stereocenters. The molecule has 0 saturated carbocycles. The van der Waals surface area contributed by atoms with Crippen LogP contribution in [0.5, 0.6) is 5.88 Å². The number of ether oxygens (including phenoxy) is 1. The Balaban J connectivity index is 0.00000420. The van der Waals surface area contributed by atoms with Crippen molar-refractivity contribution in [3.8, 4) is 5.88 Å². The molecule has 11 heteroatoms. The van der Waals surface area contributed by atoms with Crippen LogP contribution >= 0.6 is 24.0 Å². The van der Waals surface area contributed by atoms with E-state index in [1.807, 2.05) is 13.8 Å². The first kappa shape index (κ1) is 25.0. The van der Waals surface area contributed by atoms with Crippen molar-refractivity contribution in [3.63, 3.8) is 0 Å². The summed E-state index contributed by atoms with van der Waals surface area (Å²) in [6.45, 7) is 3.58. The highest BCUT2D eigenvalue weighted by Crippen LogP contribution is 2.17. The summed E-state index contributed by atoms with van der Waals surface area (Å²) in [5.41, 5.74) is 2.72. The number of nitrogens with one attached hydrogen (secondary N) is 2. The first-order valence-electron chi connectivity index (χ1n) is 8.91. The van der Waals surface area contributed by atoms with Crippen molar-refractivity contribution in [1.82, 2.24) is 20.8 Å². The molecule has 162 valence electrons. The largest absolute Gasteiger partial charge is 0.468 e. The molecule has 0 atom stereocenters. The molecule has 7 nitrogen and oxygen atoms in total. The molecule has 2 rings (SSSR count). The fourth-order valence-corrected chi connectivity index (χ4v) is 2.47. The van der Waals surface area contributed by atoms with Crippen LogP contribution < -0.4 is 15.4 Å². The third-order valence-corrected chi connectivity index (χ3v) is 3.90. The number of aliphatic imine (C=N–C) groups is 1. The summed E-state index contributed by atoms with van der Waals surface area (Å²) in [6, 6.07) is 3.04. The fraction of sp³-hybridized carbons (Fsp3) is 0.500. The zero-order chi connectivity index (χ0) is 20.6. The van der Waals surface area contributed by atoms with E-state index in [0.717, 1.165) is 35.4 Å². The van der Waals surface area contributed by atoms with E-state index in [1.165, 1.54) is 12.3 Å². The SMILES string of the molecule is CCc1noc(CC)c1CNC(=NC)NCc1ccc(OCC(F)(F)F)nc1.I. The first-order chi connectivity index (χ1) is 13.4. The van der Waals surface area contributed by atoms with Crippen molar-refractivity contribution in [1.29, 1.82) is 0 Å². The van der Waals surface area contributed by atoms with Gasteiger partial charge in [0.05, 0.1) is 5.69 Å². The smallest absolute Gasteiger partial charge is 0.422 e. The first-order valence-corrected chi connectivity index (χ1v) is 8.91. The number of aromatic nitrogens is 2. The molecule has 2 heterocycles. The summed E-state index contributed by atoms with van der Waals surface area (Å²) in [5.74, 6) is 1.34. The van der Waals surface area contributed by atoms with Crippen molar-refractivity contribution in [2.45, 2.75) is 46.0 Å². The number of pyridine rings is 1. The average molecular weight is 527 g/mol. The van der Waals surface area contributed by atoms with Crippen LogP contribution in [0.4, 0.5) is 13.2 Å². The van der Waals surface area contributed by atoms with E-state index in [4.69, 9.17) is 4.52 Å². The highest BCUT2D eigenvalue weighted by atomic mass is 127. The molecule has 0 bridgehead atoms. The maximum Gasteiger partial charge on any atom is 0.422 e. The summed E-state index contributed by atoms with van der Waals surface area (Å²) in [5, 5.41) is 10.4. The number of rotatable bonds is 8. The molecule has 0 aromatic carbocycles. The standard InChI is InChI=1S/C18H24F3N5O2.HI/c1-4-14-13(15(5-2)28-26-14)10-25-17(22-3)24-9-12-6-7-16(23-8-12)27-11-18(19,20)21;/h6-8H,4-5,9-11H2,1-3H3,(H2,22,24,25);1H. The van der Waals surface area contributed by atoms with E-state index in [9.17, 15) is 13.2 Å². The van der Waals surface area contributed by atoms with E-state index in [0.29, 0.717) is 19.0 Å². The van der Waals surface area contributed by atoms with E-state index >= 15 is 0 Å². The molecule has 0 fully saturated rings. The Morgan fingerprint density at radius 2 is 1.90 bits per heavy atom. The predicted molar refractivity (Wildman–Crippen MR) is 113 cm³/mol. The number of nitrogens with zero attached hydrogens (tertiary/aromatic N) is 3. The maximum absolute atomic E-state index is 12.1. The summed E-state index contributed by atoms with van der Waals surface area (Å²) in [6.07, 6.45) is -1.40. The Kier molecular flexibility index (Phi) is 10.2. The molecule has 0 aliphatic rings. The molecule has 0 saturated heterocycles. The van der Waals surface area contributed by atoms with E-state index in [-0.39, 0.29) is 29.9 Å². The summed E-state index contributed by atoms with van der Waals surface area (Å²) >= 11 is 0. The van der Waals surface area contributed by atoms with Gasteiger partial charge in [-0.05, 0) is 12.0 Å². The van der Waals surface area contributed by atoms with Gasteiger partial charge in [-0.3, -0.25) is 4.99 Å². The Hall–Kier alpha value is -2.05. The third kappa shape index (κ3) is 8.07. The average Bonchev–Trinajstić information content (AvgIpc) is 3.08. The topological polar surface area (TPSA) is 84.6 Å². The highest BCUT2D eigenvalue weighted by Gasteiger charge is 2.28. The zero-order valence-corrected chi connectivity index (χ0v) is 18.8. The minimum absolute atomic E-state index is 0. The lowest BCUT2D eigenvalue weighted by molar-refractivity contribution is -0.154. The van der Waals surface area contributed by atoms with Gasteiger partial charge in [0.1, 0.15) is 5.76 Å². The van der Waals surface area contributed by atoms with E-state index in [2.05, 4.69) is 30.5 Å². The maximum atomic E-state index is 12.1. The molecule has 0 amide bonds. The van der Waals surface area contributed by atoms with Crippen LogP contribution in [0, 0.1) is 0 Å². The van der Waals surface area contributed by atoms with Crippen molar-refractivity contribution >= 4 is 29.9 Å².